The maximum atomic E-state index is 14.1. The third-order valence-corrected chi connectivity index (χ3v) is 10.1. The normalized spacial score (nSPS) is 25.0. The van der Waals surface area contributed by atoms with E-state index in [1.54, 1.807) is 33.8 Å². The molecule has 3 aliphatic heterocycles. The number of esters is 2. The van der Waals surface area contributed by atoms with Gasteiger partial charge in [0.1, 0.15) is 0 Å². The summed E-state index contributed by atoms with van der Waals surface area (Å²) < 4.78 is 39.9. The summed E-state index contributed by atoms with van der Waals surface area (Å²) in [6.45, 7) is 8.98. The quantitative estimate of drug-likeness (QED) is 0.342. The highest BCUT2D eigenvalue weighted by molar-refractivity contribution is 5.94. The molecular weight excluding hydrogens is 636 g/mol. The Morgan fingerprint density at radius 1 is 0.980 bits per heavy atom. The van der Waals surface area contributed by atoms with E-state index < -0.39 is 58.8 Å². The summed E-state index contributed by atoms with van der Waals surface area (Å²) >= 11 is 0. The van der Waals surface area contributed by atoms with E-state index in [0.717, 1.165) is 21.8 Å². The predicted molar refractivity (Wildman–Crippen MR) is 174 cm³/mol. The minimum Gasteiger partial charge on any atom is -0.493 e. The second kappa shape index (κ2) is 12.8. The van der Waals surface area contributed by atoms with E-state index in [4.69, 9.17) is 33.2 Å². The van der Waals surface area contributed by atoms with Crippen LogP contribution in [0.2, 0.25) is 0 Å². The van der Waals surface area contributed by atoms with Crippen LogP contribution in [0.15, 0.2) is 35.9 Å². The van der Waals surface area contributed by atoms with E-state index in [0.29, 0.717) is 35.2 Å². The molecule has 13 nitrogen and oxygen atoms in total. The maximum Gasteiger partial charge on any atom is 0.336 e. The lowest BCUT2D eigenvalue weighted by Crippen LogP contribution is -2.49. The zero-order chi connectivity index (χ0) is 35.4. The first kappa shape index (κ1) is 34.4. The fourth-order valence-electron chi connectivity index (χ4n) is 7.71. The van der Waals surface area contributed by atoms with Crippen LogP contribution in [0.25, 0.3) is 0 Å². The number of amides is 1. The Hall–Kier alpha value is -4.49. The third-order valence-electron chi connectivity index (χ3n) is 10.1. The molecule has 2 aromatic rings. The SMILES string of the molecule is CCCC(OC(=O)C1=CC(C)(C)N(O)C1(C)C)C(=O)N[C@@H]1c2cc3c(cc2[C@@H](c2cc(OC)c(OC)c(OC)c2)[C@H]2C(=O)OC[C@@H]21)OCO3. The van der Waals surface area contributed by atoms with Crippen molar-refractivity contribution in [2.75, 3.05) is 34.7 Å². The number of ether oxygens (including phenoxy) is 7. The molecule has 5 atom stereocenters. The van der Waals surface area contributed by atoms with Crippen molar-refractivity contribution in [3.8, 4) is 28.7 Å². The van der Waals surface area contributed by atoms with Crippen molar-refractivity contribution in [2.45, 2.75) is 76.6 Å². The largest absolute Gasteiger partial charge is 0.493 e. The van der Waals surface area contributed by atoms with Crippen molar-refractivity contribution in [3.63, 3.8) is 0 Å². The maximum absolute atomic E-state index is 14.1. The summed E-state index contributed by atoms with van der Waals surface area (Å²) in [6.07, 6.45) is 1.34. The van der Waals surface area contributed by atoms with Gasteiger partial charge in [-0.3, -0.25) is 9.59 Å². The molecule has 2 N–H and O–H groups in total. The molecule has 4 aliphatic rings. The monoisotopic (exact) mass is 680 g/mol. The molecule has 3 heterocycles. The van der Waals surface area contributed by atoms with Gasteiger partial charge in [0.25, 0.3) is 5.91 Å². The predicted octanol–water partition coefficient (Wildman–Crippen LogP) is 4.43. The molecule has 1 unspecified atom stereocenters. The first-order chi connectivity index (χ1) is 23.3. The number of nitrogens with one attached hydrogen (secondary N) is 1. The Bertz CT molecular complexity index is 1670. The number of carbonyl (C=O) groups is 3. The zero-order valence-electron chi connectivity index (χ0n) is 29.1. The summed E-state index contributed by atoms with van der Waals surface area (Å²) in [5, 5.41) is 15.0. The number of rotatable bonds is 10. The number of benzene rings is 2. The summed E-state index contributed by atoms with van der Waals surface area (Å²) in [5.41, 5.74) is 0.587. The van der Waals surface area contributed by atoms with Crippen molar-refractivity contribution in [1.82, 2.24) is 10.4 Å². The van der Waals surface area contributed by atoms with Crippen LogP contribution in [-0.4, -0.2) is 80.0 Å². The van der Waals surface area contributed by atoms with E-state index in [-0.39, 0.29) is 25.4 Å². The lowest BCUT2D eigenvalue weighted by molar-refractivity contribution is -0.188. The van der Waals surface area contributed by atoms with Crippen LogP contribution >= 0.6 is 0 Å². The number of carbonyl (C=O) groups excluding carboxylic acids is 3. The summed E-state index contributed by atoms with van der Waals surface area (Å²) in [7, 11) is 4.57. The Kier molecular flexibility index (Phi) is 8.95. The lowest BCUT2D eigenvalue weighted by atomic mass is 9.65. The minimum atomic E-state index is -1.13. The number of nitrogens with zero attached hydrogens (tertiary/aromatic N) is 1. The number of methoxy groups -OCH3 is 3. The molecule has 0 saturated carbocycles. The van der Waals surface area contributed by atoms with E-state index in [1.807, 2.05) is 31.2 Å². The van der Waals surface area contributed by atoms with Gasteiger partial charge < -0.3 is 43.7 Å². The Labute approximate surface area is 285 Å². The van der Waals surface area contributed by atoms with Gasteiger partial charge in [-0.05, 0) is 75.1 Å². The number of hydrogen-bond donors (Lipinski definition) is 2. The third kappa shape index (κ3) is 5.72. The van der Waals surface area contributed by atoms with Crippen LogP contribution in [0.3, 0.4) is 0 Å². The van der Waals surface area contributed by atoms with E-state index >= 15 is 0 Å². The molecule has 1 amide bonds. The first-order valence-corrected chi connectivity index (χ1v) is 16.4. The number of cyclic esters (lactones) is 1. The first-order valence-electron chi connectivity index (χ1n) is 16.4. The molecule has 49 heavy (non-hydrogen) atoms. The van der Waals surface area contributed by atoms with Gasteiger partial charge in [0, 0.05) is 11.8 Å². The van der Waals surface area contributed by atoms with Crippen molar-refractivity contribution < 1.29 is 52.7 Å². The van der Waals surface area contributed by atoms with E-state index in [9.17, 15) is 19.6 Å². The summed E-state index contributed by atoms with van der Waals surface area (Å²) in [4.78, 5) is 41.2. The second-order valence-corrected chi connectivity index (χ2v) is 13.8. The van der Waals surface area contributed by atoms with Crippen LogP contribution in [0.4, 0.5) is 0 Å². The molecule has 1 saturated heterocycles. The van der Waals surface area contributed by atoms with Gasteiger partial charge >= 0.3 is 11.9 Å². The van der Waals surface area contributed by atoms with Crippen LogP contribution in [0.5, 0.6) is 28.7 Å². The van der Waals surface area contributed by atoms with E-state index in [1.165, 1.54) is 21.3 Å². The Balaban J connectivity index is 1.39. The number of fused-ring (bicyclic) bond motifs is 3. The topological polar surface area (TPSA) is 151 Å². The van der Waals surface area contributed by atoms with Gasteiger partial charge in [0.15, 0.2) is 29.1 Å². The van der Waals surface area contributed by atoms with Crippen molar-refractivity contribution >= 4 is 17.8 Å². The van der Waals surface area contributed by atoms with Gasteiger partial charge in [-0.1, -0.05) is 19.4 Å². The van der Waals surface area contributed by atoms with Crippen molar-refractivity contribution in [3.05, 3.63) is 52.6 Å². The van der Waals surface area contributed by atoms with Gasteiger partial charge in [0.05, 0.1) is 56.5 Å². The van der Waals surface area contributed by atoms with Crippen LogP contribution in [-0.2, 0) is 23.9 Å². The van der Waals surface area contributed by atoms with Gasteiger partial charge in [-0.15, -0.1) is 0 Å². The molecule has 0 spiro atoms. The van der Waals surface area contributed by atoms with Crippen LogP contribution < -0.4 is 29.0 Å². The Morgan fingerprint density at radius 2 is 1.61 bits per heavy atom. The molecule has 0 aromatic heterocycles. The molecule has 13 heteroatoms. The summed E-state index contributed by atoms with van der Waals surface area (Å²) in [6, 6.07) is 6.60. The Morgan fingerprint density at radius 3 is 2.16 bits per heavy atom. The fourth-order valence-corrected chi connectivity index (χ4v) is 7.71. The highest BCUT2D eigenvalue weighted by Gasteiger charge is 2.54. The fraction of sp³-hybridized carbons (Fsp3) is 0.528. The smallest absolute Gasteiger partial charge is 0.336 e. The number of hydrogen-bond acceptors (Lipinski definition) is 12. The molecule has 1 aliphatic carbocycles. The van der Waals surface area contributed by atoms with Gasteiger partial charge in [-0.25, -0.2) is 4.79 Å². The van der Waals surface area contributed by atoms with Gasteiger partial charge in [-0.2, -0.15) is 5.06 Å². The molecule has 2 aromatic carbocycles. The zero-order valence-corrected chi connectivity index (χ0v) is 29.1. The standard InChI is InChI=1S/C36H44N2O11/c1-9-10-23(49-33(40)22-15-35(2,3)38(42)36(22,4)5)32(39)37-30-20-14-25-24(47-17-48-25)13-19(20)28(29-21(30)16-46-34(29)41)18-11-26(43-6)31(45-8)27(12-18)44-7/h11-15,21,23,28-30,42H,9-10,16-17H2,1-8H3,(H,37,39)/t21-,23?,28+,29-,30+/m0/s1. The molecule has 0 radical (unpaired) electrons. The molecular formula is C36H44N2O11. The van der Waals surface area contributed by atoms with E-state index in [2.05, 4.69) is 5.32 Å². The minimum absolute atomic E-state index is 0.0296. The van der Waals surface area contributed by atoms with Gasteiger partial charge in [0.2, 0.25) is 12.5 Å². The molecule has 264 valence electrons. The molecule has 0 bridgehead atoms. The molecule has 1 fully saturated rings. The van der Waals surface area contributed by atoms with Crippen molar-refractivity contribution in [2.24, 2.45) is 11.8 Å². The second-order valence-electron chi connectivity index (χ2n) is 13.8. The highest BCUT2D eigenvalue weighted by Crippen LogP contribution is 2.55. The number of hydroxylamine groups is 2. The van der Waals surface area contributed by atoms with Crippen LogP contribution in [0.1, 0.15) is 76.1 Å². The van der Waals surface area contributed by atoms with Crippen molar-refractivity contribution in [1.29, 1.82) is 0 Å². The lowest BCUT2D eigenvalue weighted by Gasteiger charge is -2.40. The average molecular weight is 681 g/mol. The highest BCUT2D eigenvalue weighted by atomic mass is 16.7. The molecule has 6 rings (SSSR count). The average Bonchev–Trinajstić information content (AvgIpc) is 3.74. The van der Waals surface area contributed by atoms with Crippen LogP contribution in [0, 0.1) is 11.8 Å². The summed E-state index contributed by atoms with van der Waals surface area (Å²) in [5.74, 6) is -1.03.